The molecule has 3 aliphatic rings. The summed E-state index contributed by atoms with van der Waals surface area (Å²) >= 11 is 0. The van der Waals surface area contributed by atoms with Crippen molar-refractivity contribution in [3.63, 3.8) is 0 Å². The molecule has 3 aliphatic heterocycles. The standard InChI is InChI=1S/C30H45N3O5/c1-18-15-30-22(21(24(35)31-8)29(18,7)38-30)26(37)33(20(16-34)14-19-12-10-9-11-13-19)23(30)25(36)32-28(5,6)17-27(2,3)4/h9-13,18,20-23,34H,14-17H2,1-8H3,(H,31,35)(H,32,36)/t18?,20-,21-,22+,23?,29+,30?/m1/s1. The first-order valence-corrected chi connectivity index (χ1v) is 13.8. The van der Waals surface area contributed by atoms with E-state index in [1.54, 1.807) is 11.9 Å². The van der Waals surface area contributed by atoms with Crippen LogP contribution in [-0.2, 0) is 25.5 Å². The molecule has 3 saturated heterocycles. The third-order valence-corrected chi connectivity index (χ3v) is 8.88. The van der Waals surface area contributed by atoms with Crippen LogP contribution in [0.25, 0.3) is 0 Å². The fourth-order valence-corrected chi connectivity index (χ4v) is 7.83. The lowest BCUT2D eigenvalue weighted by Gasteiger charge is -2.40. The van der Waals surface area contributed by atoms with Gasteiger partial charge in [0.1, 0.15) is 11.6 Å². The van der Waals surface area contributed by atoms with Crippen LogP contribution in [-0.4, -0.2) is 70.2 Å². The summed E-state index contributed by atoms with van der Waals surface area (Å²) in [7, 11) is 1.57. The Labute approximate surface area is 226 Å². The molecule has 38 heavy (non-hydrogen) atoms. The molecule has 3 fully saturated rings. The molecule has 0 aliphatic carbocycles. The molecule has 0 saturated carbocycles. The van der Waals surface area contributed by atoms with Crippen molar-refractivity contribution >= 4 is 17.7 Å². The van der Waals surface area contributed by atoms with Gasteiger partial charge in [-0.15, -0.1) is 0 Å². The Morgan fingerprint density at radius 3 is 2.34 bits per heavy atom. The molecule has 8 nitrogen and oxygen atoms in total. The highest BCUT2D eigenvalue weighted by Crippen LogP contribution is 2.65. The molecule has 2 bridgehead atoms. The van der Waals surface area contributed by atoms with Crippen LogP contribution >= 0.6 is 0 Å². The number of carbonyl (C=O) groups is 3. The molecule has 1 aromatic rings. The Balaban J connectivity index is 1.80. The van der Waals surface area contributed by atoms with E-state index < -0.39 is 40.7 Å². The smallest absolute Gasteiger partial charge is 0.246 e. The molecular weight excluding hydrogens is 482 g/mol. The van der Waals surface area contributed by atoms with Crippen molar-refractivity contribution in [3.8, 4) is 0 Å². The largest absolute Gasteiger partial charge is 0.394 e. The molecule has 1 spiro atoms. The zero-order chi connectivity index (χ0) is 28.3. The Bertz CT molecular complexity index is 1080. The molecule has 3 amide bonds. The number of fused-ring (bicyclic) bond motifs is 1. The van der Waals surface area contributed by atoms with E-state index >= 15 is 0 Å². The number of likely N-dealkylation sites (tertiary alicyclic amines) is 1. The first kappa shape index (κ1) is 28.6. The molecule has 0 aromatic heterocycles. The fraction of sp³-hybridized carbons (Fsp3) is 0.700. The van der Waals surface area contributed by atoms with Crippen LogP contribution in [0.1, 0.15) is 66.9 Å². The predicted molar refractivity (Wildman–Crippen MR) is 145 cm³/mol. The van der Waals surface area contributed by atoms with E-state index in [9.17, 15) is 19.5 Å². The third kappa shape index (κ3) is 4.64. The number of nitrogens with one attached hydrogen (secondary N) is 2. The second-order valence-corrected chi connectivity index (χ2v) is 13.7. The summed E-state index contributed by atoms with van der Waals surface area (Å²) in [6, 6.07) is 8.04. The van der Waals surface area contributed by atoms with Gasteiger partial charge in [-0.25, -0.2) is 0 Å². The van der Waals surface area contributed by atoms with Gasteiger partial charge in [-0.05, 0) is 56.9 Å². The molecule has 1 aromatic carbocycles. The van der Waals surface area contributed by atoms with Gasteiger partial charge < -0.3 is 25.4 Å². The van der Waals surface area contributed by atoms with Crippen LogP contribution in [0.4, 0.5) is 0 Å². The van der Waals surface area contributed by atoms with E-state index in [0.29, 0.717) is 12.8 Å². The first-order valence-electron chi connectivity index (χ1n) is 13.8. The van der Waals surface area contributed by atoms with Gasteiger partial charge in [0.05, 0.1) is 30.1 Å². The Morgan fingerprint density at radius 2 is 1.79 bits per heavy atom. The van der Waals surface area contributed by atoms with Gasteiger partial charge in [0, 0.05) is 12.6 Å². The maximum absolute atomic E-state index is 14.3. The summed E-state index contributed by atoms with van der Waals surface area (Å²) in [5.74, 6) is -2.39. The van der Waals surface area contributed by atoms with Gasteiger partial charge in [-0.3, -0.25) is 14.4 Å². The van der Waals surface area contributed by atoms with Crippen molar-refractivity contribution in [2.24, 2.45) is 23.2 Å². The summed E-state index contributed by atoms with van der Waals surface area (Å²) in [5.41, 5.74) is -1.62. The number of nitrogens with zero attached hydrogens (tertiary/aromatic N) is 1. The Morgan fingerprint density at radius 1 is 1.16 bits per heavy atom. The van der Waals surface area contributed by atoms with Gasteiger partial charge >= 0.3 is 0 Å². The van der Waals surface area contributed by atoms with Crippen molar-refractivity contribution in [2.75, 3.05) is 13.7 Å². The van der Waals surface area contributed by atoms with Crippen molar-refractivity contribution in [3.05, 3.63) is 35.9 Å². The summed E-state index contributed by atoms with van der Waals surface area (Å²) in [4.78, 5) is 43.4. The van der Waals surface area contributed by atoms with Crippen LogP contribution in [0.5, 0.6) is 0 Å². The lowest BCUT2D eigenvalue weighted by Crippen LogP contribution is -2.61. The van der Waals surface area contributed by atoms with E-state index in [-0.39, 0.29) is 35.7 Å². The molecular formula is C30H45N3O5. The minimum Gasteiger partial charge on any atom is -0.394 e. The predicted octanol–water partition coefficient (Wildman–Crippen LogP) is 2.68. The summed E-state index contributed by atoms with van der Waals surface area (Å²) in [6.07, 6.45) is 1.61. The molecule has 0 radical (unpaired) electrons. The van der Waals surface area contributed by atoms with E-state index in [0.717, 1.165) is 12.0 Å². The van der Waals surface area contributed by atoms with Crippen LogP contribution in [0.15, 0.2) is 30.3 Å². The molecule has 4 rings (SSSR count). The first-order chi connectivity index (χ1) is 17.6. The van der Waals surface area contributed by atoms with Crippen molar-refractivity contribution in [1.29, 1.82) is 0 Å². The average molecular weight is 528 g/mol. The zero-order valence-electron chi connectivity index (χ0n) is 24.1. The monoisotopic (exact) mass is 527 g/mol. The summed E-state index contributed by atoms with van der Waals surface area (Å²) in [6.45, 7) is 14.0. The number of amides is 3. The molecule has 7 atom stereocenters. The summed E-state index contributed by atoms with van der Waals surface area (Å²) in [5, 5.41) is 16.5. The molecule has 8 heteroatoms. The van der Waals surface area contributed by atoms with E-state index in [1.807, 2.05) is 58.0 Å². The van der Waals surface area contributed by atoms with E-state index in [2.05, 4.69) is 31.4 Å². The number of hydrogen-bond donors (Lipinski definition) is 3. The van der Waals surface area contributed by atoms with Gasteiger partial charge in [-0.2, -0.15) is 0 Å². The number of carbonyl (C=O) groups excluding carboxylic acids is 3. The van der Waals surface area contributed by atoms with E-state index in [1.165, 1.54) is 0 Å². The topological polar surface area (TPSA) is 108 Å². The maximum Gasteiger partial charge on any atom is 0.246 e. The average Bonchev–Trinajstić information content (AvgIpc) is 3.32. The van der Waals surface area contributed by atoms with E-state index in [4.69, 9.17) is 4.74 Å². The number of ether oxygens (including phenoxy) is 1. The van der Waals surface area contributed by atoms with Crippen molar-refractivity contribution < 1.29 is 24.2 Å². The number of benzene rings is 1. The lowest BCUT2D eigenvalue weighted by atomic mass is 9.62. The third-order valence-electron chi connectivity index (χ3n) is 8.88. The highest BCUT2D eigenvalue weighted by atomic mass is 16.5. The maximum atomic E-state index is 14.3. The highest BCUT2D eigenvalue weighted by molar-refractivity contribution is 5.99. The summed E-state index contributed by atoms with van der Waals surface area (Å²) < 4.78 is 6.75. The quantitative estimate of drug-likeness (QED) is 0.482. The van der Waals surface area contributed by atoms with Crippen molar-refractivity contribution in [1.82, 2.24) is 15.5 Å². The molecule has 210 valence electrons. The van der Waals surface area contributed by atoms with Crippen LogP contribution in [0.2, 0.25) is 0 Å². The lowest BCUT2D eigenvalue weighted by molar-refractivity contribution is -0.151. The number of aliphatic hydroxyl groups is 1. The normalized spacial score (nSPS) is 33.3. The molecule has 3 heterocycles. The fourth-order valence-electron chi connectivity index (χ4n) is 7.83. The minimum absolute atomic E-state index is 0.0294. The van der Waals surface area contributed by atoms with Crippen molar-refractivity contribution in [2.45, 2.75) is 96.6 Å². The Hall–Kier alpha value is -2.45. The van der Waals surface area contributed by atoms with Crippen LogP contribution < -0.4 is 10.6 Å². The van der Waals surface area contributed by atoms with Gasteiger partial charge in [-0.1, -0.05) is 58.0 Å². The SMILES string of the molecule is CNC(=O)[C@H]1[C@H]2C(=O)N([C@@H](CO)Cc3ccccc3)C(C(=O)NC(C)(C)CC(C)(C)C)C23CC(C)[C@]1(C)O3. The number of rotatable bonds is 8. The molecule has 3 N–H and O–H groups in total. The Kier molecular flexibility index (Phi) is 7.24. The zero-order valence-corrected chi connectivity index (χ0v) is 24.1. The van der Waals surface area contributed by atoms with Crippen LogP contribution in [0, 0.1) is 23.2 Å². The van der Waals surface area contributed by atoms with Gasteiger partial charge in [0.2, 0.25) is 17.7 Å². The number of aliphatic hydroxyl groups excluding tert-OH is 1. The second-order valence-electron chi connectivity index (χ2n) is 13.7. The second kappa shape index (κ2) is 9.63. The van der Waals surface area contributed by atoms with Crippen LogP contribution in [0.3, 0.4) is 0 Å². The molecule has 3 unspecified atom stereocenters. The van der Waals surface area contributed by atoms with Gasteiger partial charge in [0.25, 0.3) is 0 Å². The van der Waals surface area contributed by atoms with Gasteiger partial charge in [0.15, 0.2) is 0 Å². The minimum atomic E-state index is -1.14. The number of hydrogen-bond acceptors (Lipinski definition) is 5. The highest BCUT2D eigenvalue weighted by Gasteiger charge is 2.80.